The molecule has 382 valence electrons. The Balaban J connectivity index is 0.976. The van der Waals surface area contributed by atoms with E-state index in [-0.39, 0.29) is 12.0 Å². The highest BCUT2D eigenvalue weighted by molar-refractivity contribution is 6.29. The molecule has 1 aliphatic heterocycles. The third kappa shape index (κ3) is 6.38. The highest BCUT2D eigenvalue weighted by atomic mass is 15.3. The normalized spacial score (nSPS) is 14.8. The molecule has 12 aromatic carbocycles. The third-order valence-electron chi connectivity index (χ3n) is 17.6. The van der Waals surface area contributed by atoms with E-state index >= 15 is 0 Å². The maximum absolute atomic E-state index is 5.93. The first kappa shape index (κ1) is 45.0. The van der Waals surface area contributed by atoms with E-state index in [4.69, 9.17) is 15.0 Å². The van der Waals surface area contributed by atoms with E-state index in [2.05, 4.69) is 292 Å². The number of anilines is 2. The van der Waals surface area contributed by atoms with Crippen LogP contribution < -0.4 is 4.90 Å². The van der Waals surface area contributed by atoms with Gasteiger partial charge in [0.15, 0.2) is 5.82 Å². The van der Waals surface area contributed by atoms with E-state index in [1.165, 1.54) is 60.1 Å². The van der Waals surface area contributed by atoms with Gasteiger partial charge in [-0.2, -0.15) is 15.0 Å². The second-order valence-corrected chi connectivity index (χ2v) is 21.9. The maximum Gasteiger partial charge on any atom is 0.240 e. The van der Waals surface area contributed by atoms with Gasteiger partial charge in [-0.05, 0) is 75.0 Å². The van der Waals surface area contributed by atoms with E-state index < -0.39 is 0 Å². The van der Waals surface area contributed by atoms with Gasteiger partial charge < -0.3 is 9.13 Å². The molecule has 2 unspecified atom stereocenters. The fourth-order valence-corrected chi connectivity index (χ4v) is 14.1. The molecule has 18 rings (SSSR count). The lowest BCUT2D eigenvalue weighted by Gasteiger charge is -2.32. The minimum Gasteiger partial charge on any atom is -0.309 e. The number of fused-ring (bicyclic) bond motifs is 20. The number of rotatable bonds is 6. The summed E-state index contributed by atoms with van der Waals surface area (Å²) in [7, 11) is 0. The quantitative estimate of drug-likeness (QED) is 0.167. The SMILES string of the molecule is C1=CC2c3ccc4c5ccc6ccccc6c5n(-c5ccccc5)c4c3N(c3nc(-c4ccccc4)nc(-n4c5ccccc5c5ccc6c(c7ccc8ccccc8c7n6-c6cccc(-c7ccccc7)c6)c54)n3)C2c2ccccc21. The number of aromatic nitrogens is 6. The van der Waals surface area contributed by atoms with Crippen LogP contribution in [0.5, 0.6) is 0 Å². The monoisotopic (exact) mass is 1050 g/mol. The summed E-state index contributed by atoms with van der Waals surface area (Å²) in [6, 6.07) is 94.5. The summed E-state index contributed by atoms with van der Waals surface area (Å²) in [5.41, 5.74) is 16.7. The fourth-order valence-electron chi connectivity index (χ4n) is 14.1. The van der Waals surface area contributed by atoms with Crippen molar-refractivity contribution < 1.29 is 0 Å². The number of hydrogen-bond acceptors (Lipinski definition) is 4. The molecule has 4 aromatic heterocycles. The van der Waals surface area contributed by atoms with Crippen LogP contribution >= 0.6 is 0 Å². The Morgan fingerprint density at radius 2 is 0.915 bits per heavy atom. The third-order valence-corrected chi connectivity index (χ3v) is 17.6. The molecule has 5 heterocycles. The minimum atomic E-state index is -0.178. The number of para-hydroxylation sites is 2. The Morgan fingerprint density at radius 3 is 1.71 bits per heavy atom. The summed E-state index contributed by atoms with van der Waals surface area (Å²) in [4.78, 5) is 19.8. The van der Waals surface area contributed by atoms with Crippen LogP contribution in [0.4, 0.5) is 11.6 Å². The molecule has 0 N–H and O–H groups in total. The summed E-state index contributed by atoms with van der Waals surface area (Å²) in [5, 5.41) is 11.6. The first-order chi connectivity index (χ1) is 40.7. The van der Waals surface area contributed by atoms with Crippen molar-refractivity contribution in [2.24, 2.45) is 0 Å². The van der Waals surface area contributed by atoms with Crippen LogP contribution in [0.3, 0.4) is 0 Å². The molecule has 2 aliphatic rings. The van der Waals surface area contributed by atoms with Crippen molar-refractivity contribution in [3.63, 3.8) is 0 Å². The van der Waals surface area contributed by atoms with Gasteiger partial charge in [0, 0.05) is 65.9 Å². The van der Waals surface area contributed by atoms with Gasteiger partial charge in [-0.3, -0.25) is 9.47 Å². The van der Waals surface area contributed by atoms with Crippen molar-refractivity contribution in [2.45, 2.75) is 12.0 Å². The number of nitrogens with zero attached hydrogens (tertiary/aromatic N) is 7. The van der Waals surface area contributed by atoms with Gasteiger partial charge in [0.1, 0.15) is 0 Å². The molecule has 7 heteroatoms. The lowest BCUT2D eigenvalue weighted by Crippen LogP contribution is -2.26. The molecule has 0 spiro atoms. The summed E-state index contributed by atoms with van der Waals surface area (Å²) in [6.45, 7) is 0. The van der Waals surface area contributed by atoms with Crippen molar-refractivity contribution in [1.82, 2.24) is 28.7 Å². The van der Waals surface area contributed by atoms with Gasteiger partial charge in [-0.1, -0.05) is 237 Å². The Kier molecular flexibility index (Phi) is 9.50. The van der Waals surface area contributed by atoms with Crippen molar-refractivity contribution in [3.8, 4) is 39.8 Å². The smallest absolute Gasteiger partial charge is 0.240 e. The van der Waals surface area contributed by atoms with Crippen LogP contribution in [0.25, 0.3) is 133 Å². The topological polar surface area (TPSA) is 56.7 Å². The second kappa shape index (κ2) is 17.3. The van der Waals surface area contributed by atoms with Crippen molar-refractivity contribution in [2.75, 3.05) is 4.90 Å². The Morgan fingerprint density at radius 1 is 0.329 bits per heavy atom. The molecule has 82 heavy (non-hydrogen) atoms. The van der Waals surface area contributed by atoms with Crippen LogP contribution in [0.15, 0.2) is 267 Å². The number of benzene rings is 12. The number of hydrogen-bond donors (Lipinski definition) is 0. The molecule has 7 nitrogen and oxygen atoms in total. The Hall–Kier alpha value is -10.9. The van der Waals surface area contributed by atoms with E-state index in [1.807, 2.05) is 0 Å². The molecule has 0 fully saturated rings. The Bertz CT molecular complexity index is 5360. The molecule has 0 saturated heterocycles. The van der Waals surface area contributed by atoms with Crippen LogP contribution in [-0.2, 0) is 0 Å². The summed E-state index contributed by atoms with van der Waals surface area (Å²) >= 11 is 0. The maximum atomic E-state index is 5.93. The van der Waals surface area contributed by atoms with Crippen molar-refractivity contribution in [1.29, 1.82) is 0 Å². The summed E-state index contributed by atoms with van der Waals surface area (Å²) < 4.78 is 7.32. The zero-order valence-electron chi connectivity index (χ0n) is 44.3. The summed E-state index contributed by atoms with van der Waals surface area (Å²) in [5.74, 6) is 1.70. The fraction of sp³-hybridized carbons (Fsp3) is 0.0267. The first-order valence-corrected chi connectivity index (χ1v) is 28.2. The highest BCUT2D eigenvalue weighted by Gasteiger charge is 2.45. The van der Waals surface area contributed by atoms with Crippen LogP contribution in [-0.4, -0.2) is 28.7 Å². The molecule has 1 aliphatic carbocycles. The van der Waals surface area contributed by atoms with Gasteiger partial charge >= 0.3 is 0 Å². The van der Waals surface area contributed by atoms with Gasteiger partial charge in [0.25, 0.3) is 0 Å². The highest BCUT2D eigenvalue weighted by Crippen LogP contribution is 2.59. The molecule has 0 radical (unpaired) electrons. The van der Waals surface area contributed by atoms with Gasteiger partial charge in [0.2, 0.25) is 11.9 Å². The lowest BCUT2D eigenvalue weighted by molar-refractivity contribution is 0.653. The molecule has 0 saturated carbocycles. The van der Waals surface area contributed by atoms with E-state index in [0.717, 1.165) is 77.3 Å². The predicted octanol–water partition coefficient (Wildman–Crippen LogP) is 18.8. The van der Waals surface area contributed by atoms with Crippen LogP contribution in [0, 0.1) is 0 Å². The van der Waals surface area contributed by atoms with Gasteiger partial charge in [0.05, 0.1) is 44.8 Å². The largest absolute Gasteiger partial charge is 0.309 e. The standard InChI is InChI=1S/C75H47N7/c1-4-19-46(20-5-1)51-26-18-29-53(45-51)79-65-44-43-58-57-33-16-17-34-64(57)81(70(58)66(65)63-40-37-49-23-12-15-32-56(49)69(63)79)74-76-73(50-24-6-2-7-25-50)77-75(78-74)82-68-55-31-14-11-22-48(55)36-39-60(68)62-42-41-61-59-38-35-47-21-10-13-30-54(47)67(59)80(71(61)72(62)82)52-27-8-3-9-28-52/h1-45,60,68H. The second-order valence-electron chi connectivity index (χ2n) is 21.9. The zero-order valence-corrected chi connectivity index (χ0v) is 44.3. The molecule has 2 atom stereocenters. The van der Waals surface area contributed by atoms with E-state index in [0.29, 0.717) is 17.7 Å². The van der Waals surface area contributed by atoms with Crippen LogP contribution in [0.1, 0.15) is 28.7 Å². The van der Waals surface area contributed by atoms with Crippen molar-refractivity contribution >= 4 is 105 Å². The van der Waals surface area contributed by atoms with Crippen molar-refractivity contribution in [3.05, 3.63) is 284 Å². The molecular formula is C75H47N7. The Labute approximate surface area is 471 Å². The average Bonchev–Trinajstić information content (AvgIpc) is 2.04. The lowest BCUT2D eigenvalue weighted by atomic mass is 9.83. The van der Waals surface area contributed by atoms with Crippen LogP contribution in [0.2, 0.25) is 0 Å². The predicted molar refractivity (Wildman–Crippen MR) is 338 cm³/mol. The molecular weight excluding hydrogens is 999 g/mol. The zero-order chi connectivity index (χ0) is 53.6. The van der Waals surface area contributed by atoms with E-state index in [9.17, 15) is 0 Å². The first-order valence-electron chi connectivity index (χ1n) is 28.2. The molecule has 0 amide bonds. The molecule has 16 aromatic rings. The summed E-state index contributed by atoms with van der Waals surface area (Å²) in [6.07, 6.45) is 4.71. The van der Waals surface area contributed by atoms with Gasteiger partial charge in [-0.25, -0.2) is 0 Å². The molecule has 0 bridgehead atoms. The van der Waals surface area contributed by atoms with Gasteiger partial charge in [-0.15, -0.1) is 0 Å². The minimum absolute atomic E-state index is 0.0112. The van der Waals surface area contributed by atoms with E-state index in [1.54, 1.807) is 0 Å². The average molecular weight is 1050 g/mol.